The normalized spacial score (nSPS) is 10.7. The fourth-order valence-electron chi connectivity index (χ4n) is 1.49. The SMILES string of the molecule is Cc1ccc(S(=O)(=O)O)cc1.N=C(NO)N/N=C/c1cccc(F)c1. The van der Waals surface area contributed by atoms with Gasteiger partial charge in [-0.05, 0) is 36.8 Å². The quantitative estimate of drug-likeness (QED) is 0.243. The molecule has 0 aliphatic carbocycles. The Labute approximate surface area is 144 Å². The third-order valence-electron chi connectivity index (χ3n) is 2.67. The predicted molar refractivity (Wildman–Crippen MR) is 90.8 cm³/mol. The van der Waals surface area contributed by atoms with Gasteiger partial charge in [-0.1, -0.05) is 29.8 Å². The Morgan fingerprint density at radius 2 is 1.88 bits per heavy atom. The van der Waals surface area contributed by atoms with Crippen molar-refractivity contribution in [1.82, 2.24) is 10.9 Å². The van der Waals surface area contributed by atoms with Gasteiger partial charge in [0.25, 0.3) is 10.1 Å². The number of hydroxylamine groups is 1. The number of guanidine groups is 1. The maximum Gasteiger partial charge on any atom is 0.294 e. The van der Waals surface area contributed by atoms with E-state index >= 15 is 0 Å². The van der Waals surface area contributed by atoms with E-state index in [2.05, 4.69) is 10.5 Å². The van der Waals surface area contributed by atoms with Gasteiger partial charge in [-0.25, -0.2) is 15.3 Å². The van der Waals surface area contributed by atoms with E-state index in [1.807, 2.05) is 6.92 Å². The van der Waals surface area contributed by atoms with Crippen molar-refractivity contribution in [3.05, 3.63) is 65.5 Å². The molecule has 5 N–H and O–H groups in total. The molecule has 0 unspecified atom stereocenters. The molecule has 0 saturated carbocycles. The Balaban J connectivity index is 0.000000257. The Morgan fingerprint density at radius 1 is 1.24 bits per heavy atom. The highest BCUT2D eigenvalue weighted by Crippen LogP contribution is 2.08. The van der Waals surface area contributed by atoms with Crippen LogP contribution >= 0.6 is 0 Å². The third kappa shape index (κ3) is 8.01. The minimum Gasteiger partial charge on any atom is -0.288 e. The van der Waals surface area contributed by atoms with Crippen LogP contribution in [0.3, 0.4) is 0 Å². The lowest BCUT2D eigenvalue weighted by Gasteiger charge is -1.98. The molecule has 10 heteroatoms. The molecule has 0 radical (unpaired) electrons. The number of hydrazone groups is 1. The maximum atomic E-state index is 12.6. The zero-order valence-corrected chi connectivity index (χ0v) is 14.0. The van der Waals surface area contributed by atoms with Crippen molar-refractivity contribution < 1.29 is 22.6 Å². The number of hydrogen-bond donors (Lipinski definition) is 5. The lowest BCUT2D eigenvalue weighted by molar-refractivity contribution is 0.228. The molecule has 8 nitrogen and oxygen atoms in total. The number of benzene rings is 2. The lowest BCUT2D eigenvalue weighted by Crippen LogP contribution is -2.30. The summed E-state index contributed by atoms with van der Waals surface area (Å²) in [4.78, 5) is -0.0666. The van der Waals surface area contributed by atoms with Crippen LogP contribution in [0.5, 0.6) is 0 Å². The van der Waals surface area contributed by atoms with Crippen LogP contribution in [0.2, 0.25) is 0 Å². The number of rotatable bonds is 3. The highest BCUT2D eigenvalue weighted by Gasteiger charge is 2.06. The number of nitrogens with one attached hydrogen (secondary N) is 3. The molecule has 0 spiro atoms. The Morgan fingerprint density at radius 3 is 2.40 bits per heavy atom. The molecule has 0 atom stereocenters. The van der Waals surface area contributed by atoms with Gasteiger partial charge in [0.15, 0.2) is 0 Å². The van der Waals surface area contributed by atoms with Crippen molar-refractivity contribution >= 4 is 22.3 Å². The summed E-state index contributed by atoms with van der Waals surface area (Å²) in [5, 5.41) is 18.7. The first-order chi connectivity index (χ1) is 11.7. The second kappa shape index (κ2) is 9.47. The minimum absolute atomic E-state index is 0.0666. The van der Waals surface area contributed by atoms with Crippen LogP contribution in [0.4, 0.5) is 4.39 Å². The summed E-state index contributed by atoms with van der Waals surface area (Å²) in [6.07, 6.45) is 1.33. The molecule has 25 heavy (non-hydrogen) atoms. The van der Waals surface area contributed by atoms with Gasteiger partial charge < -0.3 is 0 Å². The largest absolute Gasteiger partial charge is 0.294 e. The lowest BCUT2D eigenvalue weighted by atomic mass is 10.2. The zero-order chi connectivity index (χ0) is 18.9. The van der Waals surface area contributed by atoms with Gasteiger partial charge in [-0.2, -0.15) is 13.5 Å². The molecular weight excluding hydrogens is 351 g/mol. The first kappa shape index (κ1) is 20.2. The van der Waals surface area contributed by atoms with Crippen molar-refractivity contribution in [2.75, 3.05) is 0 Å². The molecule has 0 aliphatic rings. The molecule has 2 aromatic carbocycles. The summed E-state index contributed by atoms with van der Waals surface area (Å²) in [5.41, 5.74) is 5.23. The Kier molecular flexibility index (Phi) is 7.66. The minimum atomic E-state index is -4.02. The van der Waals surface area contributed by atoms with Crippen LogP contribution in [0.25, 0.3) is 0 Å². The van der Waals surface area contributed by atoms with E-state index in [0.29, 0.717) is 5.56 Å². The Bertz CT molecular complexity index is 839. The molecule has 134 valence electrons. The van der Waals surface area contributed by atoms with Crippen LogP contribution in [-0.2, 0) is 10.1 Å². The van der Waals surface area contributed by atoms with Crippen molar-refractivity contribution in [3.8, 4) is 0 Å². The van der Waals surface area contributed by atoms with E-state index in [1.165, 1.54) is 30.5 Å². The summed E-state index contributed by atoms with van der Waals surface area (Å²) in [6, 6.07) is 11.8. The number of hydrogen-bond acceptors (Lipinski definition) is 5. The van der Waals surface area contributed by atoms with E-state index in [9.17, 15) is 12.8 Å². The van der Waals surface area contributed by atoms with E-state index in [4.69, 9.17) is 15.2 Å². The zero-order valence-electron chi connectivity index (χ0n) is 13.1. The second-order valence-electron chi connectivity index (χ2n) is 4.70. The van der Waals surface area contributed by atoms with Crippen LogP contribution in [0.1, 0.15) is 11.1 Å². The molecule has 0 aliphatic heterocycles. The molecule has 0 saturated heterocycles. The third-order valence-corrected chi connectivity index (χ3v) is 3.54. The topological polar surface area (TPSA) is 135 Å². The first-order valence-electron chi connectivity index (χ1n) is 6.80. The van der Waals surface area contributed by atoms with Gasteiger partial charge in [0.1, 0.15) is 5.82 Å². The van der Waals surface area contributed by atoms with E-state index in [1.54, 1.807) is 29.7 Å². The number of nitrogens with zero attached hydrogens (tertiary/aromatic N) is 1. The fraction of sp³-hybridized carbons (Fsp3) is 0.0667. The van der Waals surface area contributed by atoms with Gasteiger partial charge in [0, 0.05) is 0 Å². The summed E-state index contributed by atoms with van der Waals surface area (Å²) >= 11 is 0. The van der Waals surface area contributed by atoms with Crippen molar-refractivity contribution in [2.24, 2.45) is 5.10 Å². The average molecular weight is 368 g/mol. The van der Waals surface area contributed by atoms with Crippen LogP contribution in [0, 0.1) is 18.2 Å². The number of aryl methyl sites for hydroxylation is 1. The van der Waals surface area contributed by atoms with Crippen LogP contribution in [0.15, 0.2) is 58.5 Å². The summed E-state index contributed by atoms with van der Waals surface area (Å²) in [5.74, 6) is -0.720. The molecular formula is C15H17FN4O4S. The first-order valence-corrected chi connectivity index (χ1v) is 8.24. The van der Waals surface area contributed by atoms with E-state index in [-0.39, 0.29) is 16.7 Å². The summed E-state index contributed by atoms with van der Waals surface area (Å²) in [7, 11) is -4.02. The molecule has 0 aromatic heterocycles. The molecule has 0 bridgehead atoms. The summed E-state index contributed by atoms with van der Waals surface area (Å²) < 4.78 is 42.2. The predicted octanol–water partition coefficient (Wildman–Crippen LogP) is 1.90. The molecule has 0 fully saturated rings. The van der Waals surface area contributed by atoms with Crippen LogP contribution in [-0.4, -0.2) is 30.4 Å². The molecule has 0 amide bonds. The molecule has 2 aromatic rings. The van der Waals surface area contributed by atoms with Gasteiger partial charge >= 0.3 is 0 Å². The van der Waals surface area contributed by atoms with E-state index in [0.717, 1.165) is 5.56 Å². The highest BCUT2D eigenvalue weighted by molar-refractivity contribution is 7.85. The van der Waals surface area contributed by atoms with E-state index < -0.39 is 10.1 Å². The number of halogens is 1. The van der Waals surface area contributed by atoms with Crippen molar-refractivity contribution in [1.29, 1.82) is 5.41 Å². The van der Waals surface area contributed by atoms with Gasteiger partial charge in [-0.3, -0.25) is 15.2 Å². The van der Waals surface area contributed by atoms with Crippen molar-refractivity contribution in [2.45, 2.75) is 11.8 Å². The fourth-order valence-corrected chi connectivity index (χ4v) is 1.97. The van der Waals surface area contributed by atoms with Crippen LogP contribution < -0.4 is 10.9 Å². The smallest absolute Gasteiger partial charge is 0.288 e. The monoisotopic (exact) mass is 368 g/mol. The molecule has 2 rings (SSSR count). The summed E-state index contributed by atoms with van der Waals surface area (Å²) in [6.45, 7) is 1.84. The average Bonchev–Trinajstić information content (AvgIpc) is 2.55. The molecule has 0 heterocycles. The Hall–Kier alpha value is -2.82. The van der Waals surface area contributed by atoms with Gasteiger partial charge in [-0.15, -0.1) is 0 Å². The standard InChI is InChI=1S/C8H9FN4O.C7H8O3S/c9-7-3-1-2-6(4-7)5-11-12-8(10)13-14;1-6-2-4-7(5-3-6)11(8,9)10/h1-5,14H,(H3,10,12,13);2-5H,1H3,(H,8,9,10)/b11-5+;. The van der Waals surface area contributed by atoms with Crippen molar-refractivity contribution in [3.63, 3.8) is 0 Å². The second-order valence-corrected chi connectivity index (χ2v) is 6.12. The maximum absolute atomic E-state index is 12.6. The van der Waals surface area contributed by atoms with Gasteiger partial charge in [0.2, 0.25) is 5.96 Å². The highest BCUT2D eigenvalue weighted by atomic mass is 32.2. The van der Waals surface area contributed by atoms with Gasteiger partial charge in [0.05, 0.1) is 11.1 Å².